The van der Waals surface area contributed by atoms with Crippen molar-refractivity contribution in [3.63, 3.8) is 0 Å². The predicted octanol–water partition coefficient (Wildman–Crippen LogP) is 4.16. The van der Waals surface area contributed by atoms with Crippen molar-refractivity contribution in [3.8, 4) is 11.4 Å². The number of aromatic nitrogens is 3. The molecule has 5 heteroatoms. The van der Waals surface area contributed by atoms with E-state index in [1.165, 1.54) is 18.4 Å². The zero-order chi connectivity index (χ0) is 18.6. The molecule has 1 amide bonds. The van der Waals surface area contributed by atoms with Gasteiger partial charge in [-0.2, -0.15) is 0 Å². The standard InChI is InChI=1S/C22H24N4O/c1-16-9-11-17(12-10-16)14-21(27)23-19-7-5-6-18(15-19)22-25-24-20-8-3-2-4-13-26(20)22/h5-7,9-12,15H,2-4,8,13-14H2,1H3,(H,23,27). The number of nitrogens with one attached hydrogen (secondary N) is 1. The van der Waals surface area contributed by atoms with Crippen LogP contribution in [0.1, 0.15) is 36.2 Å². The van der Waals surface area contributed by atoms with E-state index >= 15 is 0 Å². The van der Waals surface area contributed by atoms with Gasteiger partial charge in [0, 0.05) is 24.2 Å². The average Bonchev–Trinajstić information content (AvgIpc) is 2.92. The van der Waals surface area contributed by atoms with Gasteiger partial charge in [0.2, 0.25) is 5.91 Å². The topological polar surface area (TPSA) is 59.8 Å². The van der Waals surface area contributed by atoms with Crippen LogP contribution in [0.15, 0.2) is 48.5 Å². The van der Waals surface area contributed by atoms with Crippen molar-refractivity contribution in [2.45, 2.75) is 45.6 Å². The van der Waals surface area contributed by atoms with E-state index in [-0.39, 0.29) is 5.91 Å². The Kier molecular flexibility index (Phi) is 5.01. The van der Waals surface area contributed by atoms with Crippen LogP contribution in [-0.4, -0.2) is 20.7 Å². The second kappa shape index (κ2) is 7.74. The molecular formula is C22H24N4O. The molecule has 0 aliphatic carbocycles. The summed E-state index contributed by atoms with van der Waals surface area (Å²) >= 11 is 0. The van der Waals surface area contributed by atoms with Crippen LogP contribution in [0.3, 0.4) is 0 Å². The third-order valence-corrected chi connectivity index (χ3v) is 5.00. The lowest BCUT2D eigenvalue weighted by Gasteiger charge is -2.10. The van der Waals surface area contributed by atoms with Gasteiger partial charge >= 0.3 is 0 Å². The monoisotopic (exact) mass is 360 g/mol. The molecule has 2 aromatic carbocycles. The Morgan fingerprint density at radius 2 is 1.93 bits per heavy atom. The third-order valence-electron chi connectivity index (χ3n) is 5.00. The molecule has 0 atom stereocenters. The number of nitrogens with zero attached hydrogens (tertiary/aromatic N) is 3. The Labute approximate surface area is 159 Å². The van der Waals surface area contributed by atoms with E-state index in [1.807, 2.05) is 55.5 Å². The zero-order valence-corrected chi connectivity index (χ0v) is 15.6. The summed E-state index contributed by atoms with van der Waals surface area (Å²) in [7, 11) is 0. The van der Waals surface area contributed by atoms with Crippen molar-refractivity contribution in [2.75, 3.05) is 5.32 Å². The van der Waals surface area contributed by atoms with Crippen LogP contribution in [0, 0.1) is 6.92 Å². The second-order valence-electron chi connectivity index (χ2n) is 7.19. The number of amides is 1. The maximum atomic E-state index is 12.4. The minimum Gasteiger partial charge on any atom is -0.326 e. The molecule has 27 heavy (non-hydrogen) atoms. The van der Waals surface area contributed by atoms with Crippen LogP contribution in [-0.2, 0) is 24.2 Å². The first-order valence-corrected chi connectivity index (χ1v) is 9.57. The minimum absolute atomic E-state index is 0.0175. The Balaban J connectivity index is 1.50. The Hall–Kier alpha value is -2.95. The van der Waals surface area contributed by atoms with E-state index in [2.05, 4.69) is 20.1 Å². The van der Waals surface area contributed by atoms with E-state index in [9.17, 15) is 4.79 Å². The molecular weight excluding hydrogens is 336 g/mol. The smallest absolute Gasteiger partial charge is 0.228 e. The molecule has 1 aliphatic heterocycles. The zero-order valence-electron chi connectivity index (χ0n) is 15.6. The van der Waals surface area contributed by atoms with Crippen molar-refractivity contribution in [1.82, 2.24) is 14.8 Å². The lowest BCUT2D eigenvalue weighted by atomic mass is 10.1. The number of anilines is 1. The Bertz CT molecular complexity index is 943. The van der Waals surface area contributed by atoms with Crippen LogP contribution in [0.5, 0.6) is 0 Å². The van der Waals surface area contributed by atoms with Crippen LogP contribution in [0.2, 0.25) is 0 Å². The molecule has 0 saturated heterocycles. The number of rotatable bonds is 4. The molecule has 4 rings (SSSR count). The number of aryl methyl sites for hydroxylation is 2. The van der Waals surface area contributed by atoms with Gasteiger partial charge < -0.3 is 9.88 Å². The lowest BCUT2D eigenvalue weighted by molar-refractivity contribution is -0.115. The molecule has 0 fully saturated rings. The molecule has 1 aromatic heterocycles. The van der Waals surface area contributed by atoms with E-state index in [0.29, 0.717) is 6.42 Å². The second-order valence-corrected chi connectivity index (χ2v) is 7.19. The average molecular weight is 360 g/mol. The Morgan fingerprint density at radius 1 is 1.07 bits per heavy atom. The van der Waals surface area contributed by atoms with Gasteiger partial charge in [-0.1, -0.05) is 48.4 Å². The summed E-state index contributed by atoms with van der Waals surface area (Å²) in [6, 6.07) is 15.9. The van der Waals surface area contributed by atoms with Crippen molar-refractivity contribution < 1.29 is 4.79 Å². The molecule has 5 nitrogen and oxygen atoms in total. The highest BCUT2D eigenvalue weighted by molar-refractivity contribution is 5.92. The van der Waals surface area contributed by atoms with Gasteiger partial charge in [0.25, 0.3) is 0 Å². The molecule has 1 N–H and O–H groups in total. The predicted molar refractivity (Wildman–Crippen MR) is 107 cm³/mol. The van der Waals surface area contributed by atoms with Crippen LogP contribution in [0.25, 0.3) is 11.4 Å². The van der Waals surface area contributed by atoms with Crippen molar-refractivity contribution in [2.24, 2.45) is 0 Å². The molecule has 0 spiro atoms. The summed E-state index contributed by atoms with van der Waals surface area (Å²) in [6.07, 6.45) is 4.92. The minimum atomic E-state index is -0.0175. The summed E-state index contributed by atoms with van der Waals surface area (Å²) in [5.41, 5.74) is 3.98. The van der Waals surface area contributed by atoms with Gasteiger partial charge in [-0.15, -0.1) is 10.2 Å². The maximum Gasteiger partial charge on any atom is 0.228 e. The highest BCUT2D eigenvalue weighted by Gasteiger charge is 2.16. The molecule has 2 heterocycles. The van der Waals surface area contributed by atoms with Crippen molar-refractivity contribution >= 4 is 11.6 Å². The molecule has 138 valence electrons. The fourth-order valence-corrected chi connectivity index (χ4v) is 3.53. The van der Waals surface area contributed by atoms with Gasteiger partial charge in [-0.05, 0) is 37.5 Å². The van der Waals surface area contributed by atoms with Crippen LogP contribution < -0.4 is 5.32 Å². The lowest BCUT2D eigenvalue weighted by Crippen LogP contribution is -2.14. The summed E-state index contributed by atoms with van der Waals surface area (Å²) in [6.45, 7) is 3.00. The van der Waals surface area contributed by atoms with E-state index in [4.69, 9.17) is 0 Å². The first kappa shape index (κ1) is 17.5. The Morgan fingerprint density at radius 3 is 2.78 bits per heavy atom. The highest BCUT2D eigenvalue weighted by Crippen LogP contribution is 2.25. The fourth-order valence-electron chi connectivity index (χ4n) is 3.53. The molecule has 1 aliphatic rings. The van der Waals surface area contributed by atoms with Gasteiger partial charge in [-0.25, -0.2) is 0 Å². The first-order valence-electron chi connectivity index (χ1n) is 9.57. The number of carbonyl (C=O) groups is 1. The number of fused-ring (bicyclic) bond motifs is 1. The third kappa shape index (κ3) is 4.08. The van der Waals surface area contributed by atoms with Crippen LogP contribution in [0.4, 0.5) is 5.69 Å². The SMILES string of the molecule is Cc1ccc(CC(=O)Nc2cccc(-c3nnc4n3CCCCC4)c2)cc1. The quantitative estimate of drug-likeness (QED) is 0.760. The van der Waals surface area contributed by atoms with Gasteiger partial charge in [0.1, 0.15) is 5.82 Å². The van der Waals surface area contributed by atoms with Crippen LogP contribution >= 0.6 is 0 Å². The van der Waals surface area contributed by atoms with Gasteiger partial charge in [0.05, 0.1) is 6.42 Å². The molecule has 3 aromatic rings. The number of benzene rings is 2. The molecule has 0 unspecified atom stereocenters. The number of carbonyl (C=O) groups excluding carboxylic acids is 1. The summed E-state index contributed by atoms with van der Waals surface area (Å²) < 4.78 is 2.22. The summed E-state index contributed by atoms with van der Waals surface area (Å²) in [5, 5.41) is 11.8. The summed E-state index contributed by atoms with van der Waals surface area (Å²) in [4.78, 5) is 12.4. The number of hydrogen-bond donors (Lipinski definition) is 1. The van der Waals surface area contributed by atoms with Gasteiger partial charge in [-0.3, -0.25) is 4.79 Å². The van der Waals surface area contributed by atoms with E-state index < -0.39 is 0 Å². The van der Waals surface area contributed by atoms with Gasteiger partial charge in [0.15, 0.2) is 5.82 Å². The molecule has 0 saturated carbocycles. The van der Waals surface area contributed by atoms with Crippen molar-refractivity contribution in [3.05, 3.63) is 65.5 Å². The van der Waals surface area contributed by atoms with Crippen molar-refractivity contribution in [1.29, 1.82) is 0 Å². The summed E-state index contributed by atoms with van der Waals surface area (Å²) in [5.74, 6) is 1.94. The number of hydrogen-bond acceptors (Lipinski definition) is 3. The molecule has 0 radical (unpaired) electrons. The largest absolute Gasteiger partial charge is 0.326 e. The highest BCUT2D eigenvalue weighted by atomic mass is 16.1. The normalized spacial score (nSPS) is 13.7. The van der Waals surface area contributed by atoms with E-state index in [1.54, 1.807) is 0 Å². The maximum absolute atomic E-state index is 12.4. The first-order chi connectivity index (χ1) is 13.2. The van der Waals surface area contributed by atoms with E-state index in [0.717, 1.165) is 47.8 Å². The fraction of sp³-hybridized carbons (Fsp3) is 0.318. The molecule has 0 bridgehead atoms.